The van der Waals surface area contributed by atoms with Crippen LogP contribution in [0.1, 0.15) is 43.7 Å². The molecule has 4 heteroatoms. The lowest BCUT2D eigenvalue weighted by molar-refractivity contribution is -0.117. The third-order valence-electron chi connectivity index (χ3n) is 5.08. The Morgan fingerprint density at radius 1 is 1.27 bits per heavy atom. The molecule has 0 spiro atoms. The van der Waals surface area contributed by atoms with Gasteiger partial charge < -0.3 is 10.6 Å². The van der Waals surface area contributed by atoms with Gasteiger partial charge in [0.15, 0.2) is 0 Å². The maximum atomic E-state index is 12.2. The van der Waals surface area contributed by atoms with Crippen LogP contribution in [0.2, 0.25) is 0 Å². The van der Waals surface area contributed by atoms with Crippen LogP contribution in [-0.4, -0.2) is 19.0 Å². The van der Waals surface area contributed by atoms with Crippen molar-refractivity contribution in [2.75, 3.05) is 18.4 Å². The Labute approximate surface area is 139 Å². The maximum absolute atomic E-state index is 12.2. The molecule has 1 aromatic rings. The Morgan fingerprint density at radius 3 is 2.77 bits per heavy atom. The molecule has 3 nitrogen and oxygen atoms in total. The van der Waals surface area contributed by atoms with E-state index in [-0.39, 0.29) is 18.3 Å². The van der Waals surface area contributed by atoms with Crippen LogP contribution in [0.5, 0.6) is 0 Å². The van der Waals surface area contributed by atoms with Gasteiger partial charge in [0, 0.05) is 12.1 Å². The van der Waals surface area contributed by atoms with Gasteiger partial charge in [0.2, 0.25) is 5.91 Å². The minimum atomic E-state index is 0. The molecule has 1 aromatic carbocycles. The number of nitrogens with one attached hydrogen (secondary N) is 2. The molecular formula is C18H27ClN2O. The number of benzene rings is 1. The molecule has 1 heterocycles. The van der Waals surface area contributed by atoms with Crippen molar-refractivity contribution in [1.29, 1.82) is 0 Å². The van der Waals surface area contributed by atoms with E-state index in [0.29, 0.717) is 18.3 Å². The van der Waals surface area contributed by atoms with Crippen molar-refractivity contribution < 1.29 is 4.79 Å². The molecule has 1 aliphatic carbocycles. The minimum absolute atomic E-state index is 0. The van der Waals surface area contributed by atoms with E-state index in [0.717, 1.165) is 25.2 Å². The normalized spacial score (nSPS) is 19.1. The van der Waals surface area contributed by atoms with Crippen LogP contribution >= 0.6 is 12.4 Å². The van der Waals surface area contributed by atoms with Crippen molar-refractivity contribution in [3.63, 3.8) is 0 Å². The molecule has 1 fully saturated rings. The van der Waals surface area contributed by atoms with E-state index >= 15 is 0 Å². The molecule has 0 aromatic heterocycles. The van der Waals surface area contributed by atoms with Crippen molar-refractivity contribution in [1.82, 2.24) is 5.32 Å². The summed E-state index contributed by atoms with van der Waals surface area (Å²) < 4.78 is 0. The van der Waals surface area contributed by atoms with Gasteiger partial charge in [-0.15, -0.1) is 12.4 Å². The van der Waals surface area contributed by atoms with Crippen LogP contribution in [0.25, 0.3) is 0 Å². The highest BCUT2D eigenvalue weighted by molar-refractivity contribution is 5.91. The average Bonchev–Trinajstić information content (AvgIpc) is 2.95. The number of amides is 1. The predicted molar refractivity (Wildman–Crippen MR) is 93.7 cm³/mol. The summed E-state index contributed by atoms with van der Waals surface area (Å²) in [6.07, 6.45) is 6.64. The maximum Gasteiger partial charge on any atom is 0.224 e. The van der Waals surface area contributed by atoms with Gasteiger partial charge in [0.1, 0.15) is 0 Å². The summed E-state index contributed by atoms with van der Waals surface area (Å²) in [6, 6.07) is 6.39. The minimum Gasteiger partial charge on any atom is -0.326 e. The molecule has 22 heavy (non-hydrogen) atoms. The lowest BCUT2D eigenvalue weighted by Crippen LogP contribution is -2.32. The lowest BCUT2D eigenvalue weighted by Gasteiger charge is -2.27. The Kier molecular flexibility index (Phi) is 6.27. The molecular weight excluding hydrogens is 296 g/mol. The van der Waals surface area contributed by atoms with Crippen LogP contribution in [0.3, 0.4) is 0 Å². The molecule has 1 aliphatic heterocycles. The zero-order chi connectivity index (χ0) is 14.7. The zero-order valence-electron chi connectivity index (χ0n) is 13.4. The summed E-state index contributed by atoms with van der Waals surface area (Å²) in [5.74, 6) is 1.33. The molecule has 1 saturated heterocycles. The van der Waals surface area contributed by atoms with Crippen molar-refractivity contribution in [2.24, 2.45) is 11.8 Å². The van der Waals surface area contributed by atoms with E-state index in [1.165, 1.54) is 36.8 Å². The first kappa shape index (κ1) is 17.3. The molecule has 122 valence electrons. The summed E-state index contributed by atoms with van der Waals surface area (Å²) in [6.45, 7) is 4.42. The number of hydrogen-bond donors (Lipinski definition) is 2. The fourth-order valence-electron chi connectivity index (χ4n) is 3.73. The number of aryl methyl sites for hydroxylation is 2. The standard InChI is InChI=1S/C18H26N2O.ClH/c1-13(14-7-9-19-10-8-14)11-18(21)20-17-6-5-15-3-2-4-16(15)12-17;/h5-6,12-14,19H,2-4,7-11H2,1H3,(H,20,21);1H. The molecule has 1 amide bonds. The Hall–Kier alpha value is -1.06. The topological polar surface area (TPSA) is 41.1 Å². The average molecular weight is 323 g/mol. The van der Waals surface area contributed by atoms with Gasteiger partial charge in [0.05, 0.1) is 0 Å². The number of anilines is 1. The molecule has 2 N–H and O–H groups in total. The van der Waals surface area contributed by atoms with Crippen molar-refractivity contribution in [2.45, 2.75) is 45.4 Å². The molecule has 3 rings (SSSR count). The highest BCUT2D eigenvalue weighted by Gasteiger charge is 2.22. The quantitative estimate of drug-likeness (QED) is 0.890. The summed E-state index contributed by atoms with van der Waals surface area (Å²) in [5, 5.41) is 6.47. The highest BCUT2D eigenvalue weighted by Crippen LogP contribution is 2.27. The zero-order valence-corrected chi connectivity index (χ0v) is 14.2. The van der Waals surface area contributed by atoms with Crippen molar-refractivity contribution >= 4 is 24.0 Å². The second-order valence-corrected chi connectivity index (χ2v) is 6.65. The number of halogens is 1. The van der Waals surface area contributed by atoms with E-state index in [9.17, 15) is 4.79 Å². The van der Waals surface area contributed by atoms with Gasteiger partial charge in [-0.25, -0.2) is 0 Å². The number of rotatable bonds is 4. The van der Waals surface area contributed by atoms with Gasteiger partial charge in [0.25, 0.3) is 0 Å². The van der Waals surface area contributed by atoms with Crippen LogP contribution < -0.4 is 10.6 Å². The molecule has 2 aliphatic rings. The second kappa shape index (κ2) is 7.98. The van der Waals surface area contributed by atoms with Gasteiger partial charge >= 0.3 is 0 Å². The van der Waals surface area contributed by atoms with E-state index in [2.05, 4.69) is 35.8 Å². The monoisotopic (exact) mass is 322 g/mol. The molecule has 0 radical (unpaired) electrons. The molecule has 0 saturated carbocycles. The third-order valence-corrected chi connectivity index (χ3v) is 5.08. The molecule has 1 atom stereocenters. The smallest absolute Gasteiger partial charge is 0.224 e. The van der Waals surface area contributed by atoms with Gasteiger partial charge in [-0.3, -0.25) is 4.79 Å². The fourth-order valence-corrected chi connectivity index (χ4v) is 3.73. The Balaban J connectivity index is 0.00000176. The summed E-state index contributed by atoms with van der Waals surface area (Å²) in [4.78, 5) is 12.2. The van der Waals surface area contributed by atoms with E-state index in [1.54, 1.807) is 0 Å². The number of piperidine rings is 1. The van der Waals surface area contributed by atoms with Crippen molar-refractivity contribution in [3.8, 4) is 0 Å². The summed E-state index contributed by atoms with van der Waals surface area (Å²) in [7, 11) is 0. The number of carbonyl (C=O) groups is 1. The first-order valence-electron chi connectivity index (χ1n) is 8.35. The highest BCUT2D eigenvalue weighted by atomic mass is 35.5. The molecule has 0 bridgehead atoms. The SMILES string of the molecule is CC(CC(=O)Nc1ccc2c(c1)CCC2)C1CCNCC1.Cl. The second-order valence-electron chi connectivity index (χ2n) is 6.65. The van der Waals surface area contributed by atoms with E-state index < -0.39 is 0 Å². The number of fused-ring (bicyclic) bond motifs is 1. The van der Waals surface area contributed by atoms with Gasteiger partial charge in [-0.05, 0) is 80.3 Å². The fraction of sp³-hybridized carbons (Fsp3) is 0.611. The van der Waals surface area contributed by atoms with E-state index in [1.807, 2.05) is 0 Å². The number of hydrogen-bond acceptors (Lipinski definition) is 2. The Bertz CT molecular complexity index is 512. The lowest BCUT2D eigenvalue weighted by atomic mass is 9.84. The first-order valence-corrected chi connectivity index (χ1v) is 8.35. The molecule has 1 unspecified atom stereocenters. The first-order chi connectivity index (χ1) is 10.2. The van der Waals surface area contributed by atoms with E-state index in [4.69, 9.17) is 0 Å². The van der Waals surface area contributed by atoms with Crippen LogP contribution in [0.15, 0.2) is 18.2 Å². The third kappa shape index (κ3) is 4.23. The Morgan fingerprint density at radius 2 is 2.00 bits per heavy atom. The van der Waals surface area contributed by atoms with Gasteiger partial charge in [-0.2, -0.15) is 0 Å². The van der Waals surface area contributed by atoms with Crippen LogP contribution in [0.4, 0.5) is 5.69 Å². The summed E-state index contributed by atoms with van der Waals surface area (Å²) >= 11 is 0. The predicted octanol–water partition coefficient (Wildman–Crippen LogP) is 3.56. The van der Waals surface area contributed by atoms with Crippen LogP contribution in [-0.2, 0) is 17.6 Å². The number of carbonyl (C=O) groups excluding carboxylic acids is 1. The van der Waals surface area contributed by atoms with Crippen molar-refractivity contribution in [3.05, 3.63) is 29.3 Å². The van der Waals surface area contributed by atoms with Gasteiger partial charge in [-0.1, -0.05) is 13.0 Å². The van der Waals surface area contributed by atoms with Crippen LogP contribution in [0, 0.1) is 11.8 Å². The summed E-state index contributed by atoms with van der Waals surface area (Å²) in [5.41, 5.74) is 3.84. The largest absolute Gasteiger partial charge is 0.326 e.